The Kier molecular flexibility index (Phi) is 3.69. The molecule has 0 radical (unpaired) electrons. The van der Waals surface area contributed by atoms with Gasteiger partial charge in [-0.15, -0.1) is 0 Å². The predicted molar refractivity (Wildman–Crippen MR) is 75.4 cm³/mol. The monoisotopic (exact) mass is 290 g/mol. The molecular formula is C14H15ClN4O. The highest BCUT2D eigenvalue weighted by molar-refractivity contribution is 6.30. The number of nitrogens with one attached hydrogen (secondary N) is 2. The lowest BCUT2D eigenvalue weighted by atomic mass is 10.1. The van der Waals surface area contributed by atoms with E-state index < -0.39 is 0 Å². The molecule has 1 aromatic heterocycles. The molecule has 6 heteroatoms. The quantitative estimate of drug-likeness (QED) is 0.884. The first kappa shape index (κ1) is 13.1. The van der Waals surface area contributed by atoms with Crippen molar-refractivity contribution in [2.45, 2.75) is 18.8 Å². The fourth-order valence-corrected chi connectivity index (χ4v) is 2.48. The number of carbonyl (C=O) groups excluding carboxylic acids is 1. The number of carbonyl (C=O) groups is 1. The molecule has 0 aliphatic heterocycles. The van der Waals surface area contributed by atoms with Gasteiger partial charge in [-0.1, -0.05) is 23.7 Å². The van der Waals surface area contributed by atoms with Crippen molar-refractivity contribution in [3.63, 3.8) is 0 Å². The van der Waals surface area contributed by atoms with Crippen LogP contribution in [0.3, 0.4) is 0 Å². The standard InChI is InChI=1S/C14H15ClN4O/c15-10-3-1-9(2-4-10)11-7-12(11)14(20)16-6-5-13-17-8-18-19-13/h1-4,8,11-12H,5-7H2,(H,16,20)(H,17,18,19)/t11-,12-/m0/s1. The van der Waals surface area contributed by atoms with E-state index in [9.17, 15) is 4.79 Å². The van der Waals surface area contributed by atoms with Gasteiger partial charge in [-0.25, -0.2) is 4.98 Å². The summed E-state index contributed by atoms with van der Waals surface area (Å²) in [6.07, 6.45) is 3.05. The topological polar surface area (TPSA) is 70.7 Å². The molecule has 104 valence electrons. The number of hydrogen-bond acceptors (Lipinski definition) is 3. The summed E-state index contributed by atoms with van der Waals surface area (Å²) >= 11 is 5.86. The highest BCUT2D eigenvalue weighted by Crippen LogP contribution is 2.47. The minimum absolute atomic E-state index is 0.0888. The summed E-state index contributed by atoms with van der Waals surface area (Å²) in [6.45, 7) is 0.581. The molecule has 1 aliphatic rings. The Morgan fingerprint density at radius 3 is 2.90 bits per heavy atom. The zero-order valence-corrected chi connectivity index (χ0v) is 11.6. The number of aromatic nitrogens is 3. The van der Waals surface area contributed by atoms with Gasteiger partial charge in [-0.05, 0) is 30.0 Å². The molecule has 1 amide bonds. The van der Waals surface area contributed by atoms with E-state index in [2.05, 4.69) is 20.5 Å². The molecule has 0 unspecified atom stereocenters. The summed E-state index contributed by atoms with van der Waals surface area (Å²) in [5, 5.41) is 10.2. The van der Waals surface area contributed by atoms with Crippen LogP contribution < -0.4 is 5.32 Å². The van der Waals surface area contributed by atoms with E-state index in [1.807, 2.05) is 24.3 Å². The van der Waals surface area contributed by atoms with Gasteiger partial charge in [0.1, 0.15) is 12.2 Å². The summed E-state index contributed by atoms with van der Waals surface area (Å²) in [7, 11) is 0. The second-order valence-electron chi connectivity index (χ2n) is 4.97. The Bertz CT molecular complexity index is 582. The Morgan fingerprint density at radius 1 is 1.40 bits per heavy atom. The maximum atomic E-state index is 12.0. The smallest absolute Gasteiger partial charge is 0.223 e. The van der Waals surface area contributed by atoms with Gasteiger partial charge >= 0.3 is 0 Å². The zero-order valence-electron chi connectivity index (χ0n) is 10.8. The maximum absolute atomic E-state index is 12.0. The Labute approximate surface area is 121 Å². The third-order valence-corrected chi connectivity index (χ3v) is 3.80. The fourth-order valence-electron chi connectivity index (χ4n) is 2.35. The normalized spacial score (nSPS) is 20.6. The Morgan fingerprint density at radius 2 is 2.20 bits per heavy atom. The molecule has 2 N–H and O–H groups in total. The van der Waals surface area contributed by atoms with Crippen LogP contribution in [-0.2, 0) is 11.2 Å². The largest absolute Gasteiger partial charge is 0.355 e. The molecule has 1 aromatic carbocycles. The second-order valence-corrected chi connectivity index (χ2v) is 5.41. The van der Waals surface area contributed by atoms with E-state index in [1.165, 1.54) is 11.9 Å². The molecule has 0 saturated heterocycles. The lowest BCUT2D eigenvalue weighted by molar-refractivity contribution is -0.122. The molecule has 2 atom stereocenters. The first-order valence-electron chi connectivity index (χ1n) is 6.61. The molecule has 3 rings (SSSR count). The summed E-state index contributed by atoms with van der Waals surface area (Å²) in [5.41, 5.74) is 1.18. The predicted octanol–water partition coefficient (Wildman–Crippen LogP) is 1.92. The van der Waals surface area contributed by atoms with Gasteiger partial charge < -0.3 is 5.32 Å². The van der Waals surface area contributed by atoms with Crippen LogP contribution in [0, 0.1) is 5.92 Å². The molecule has 1 saturated carbocycles. The van der Waals surface area contributed by atoms with Gasteiger partial charge in [0, 0.05) is 23.9 Å². The Balaban J connectivity index is 1.46. The van der Waals surface area contributed by atoms with Gasteiger partial charge in [0.05, 0.1) is 0 Å². The molecule has 0 bridgehead atoms. The second kappa shape index (κ2) is 5.63. The average molecular weight is 291 g/mol. The lowest BCUT2D eigenvalue weighted by Gasteiger charge is -2.04. The molecule has 1 heterocycles. The highest BCUT2D eigenvalue weighted by atomic mass is 35.5. The van der Waals surface area contributed by atoms with E-state index in [4.69, 9.17) is 11.6 Å². The molecule has 1 aliphatic carbocycles. The van der Waals surface area contributed by atoms with Crippen molar-refractivity contribution in [1.82, 2.24) is 20.5 Å². The van der Waals surface area contributed by atoms with Crippen LogP contribution in [-0.4, -0.2) is 27.6 Å². The van der Waals surface area contributed by atoms with Crippen molar-refractivity contribution in [2.75, 3.05) is 6.54 Å². The van der Waals surface area contributed by atoms with E-state index in [0.29, 0.717) is 18.9 Å². The molecular weight excluding hydrogens is 276 g/mol. The SMILES string of the molecule is O=C(NCCc1ncn[nH]1)[C@H]1C[C@H]1c1ccc(Cl)cc1. The molecule has 2 aromatic rings. The van der Waals surface area contributed by atoms with Crippen LogP contribution >= 0.6 is 11.6 Å². The number of nitrogens with zero attached hydrogens (tertiary/aromatic N) is 2. The minimum Gasteiger partial charge on any atom is -0.355 e. The molecule has 0 spiro atoms. The summed E-state index contributed by atoms with van der Waals surface area (Å²) in [4.78, 5) is 16.0. The zero-order chi connectivity index (χ0) is 13.9. The molecule has 1 fully saturated rings. The van der Waals surface area contributed by atoms with Crippen molar-refractivity contribution in [3.05, 3.63) is 47.0 Å². The minimum atomic E-state index is 0.0888. The van der Waals surface area contributed by atoms with E-state index in [0.717, 1.165) is 17.3 Å². The summed E-state index contributed by atoms with van der Waals surface area (Å²) in [5.74, 6) is 1.32. The number of amides is 1. The molecule has 20 heavy (non-hydrogen) atoms. The van der Waals surface area contributed by atoms with Crippen LogP contribution in [0.5, 0.6) is 0 Å². The van der Waals surface area contributed by atoms with Crippen molar-refractivity contribution in [1.29, 1.82) is 0 Å². The number of benzene rings is 1. The lowest BCUT2D eigenvalue weighted by Crippen LogP contribution is -2.27. The third-order valence-electron chi connectivity index (χ3n) is 3.55. The van der Waals surface area contributed by atoms with Crippen molar-refractivity contribution < 1.29 is 4.79 Å². The summed E-state index contributed by atoms with van der Waals surface area (Å²) < 4.78 is 0. The average Bonchev–Trinajstić information content (AvgIpc) is 3.08. The fraction of sp³-hybridized carbons (Fsp3) is 0.357. The van der Waals surface area contributed by atoms with Crippen LogP contribution in [0.25, 0.3) is 0 Å². The highest BCUT2D eigenvalue weighted by Gasteiger charge is 2.43. The van der Waals surface area contributed by atoms with E-state index in [1.54, 1.807) is 0 Å². The maximum Gasteiger partial charge on any atom is 0.223 e. The number of halogens is 1. The van der Waals surface area contributed by atoms with Gasteiger partial charge in [0.25, 0.3) is 0 Å². The van der Waals surface area contributed by atoms with Gasteiger partial charge in [0.15, 0.2) is 0 Å². The number of aromatic amines is 1. The number of H-pyrrole nitrogens is 1. The van der Waals surface area contributed by atoms with E-state index >= 15 is 0 Å². The molecule has 5 nitrogen and oxygen atoms in total. The van der Waals surface area contributed by atoms with Crippen molar-refractivity contribution in [3.8, 4) is 0 Å². The van der Waals surface area contributed by atoms with Crippen LogP contribution in [0.2, 0.25) is 5.02 Å². The number of hydrogen-bond donors (Lipinski definition) is 2. The number of rotatable bonds is 5. The van der Waals surface area contributed by atoms with Gasteiger partial charge in [0.2, 0.25) is 5.91 Å². The van der Waals surface area contributed by atoms with E-state index in [-0.39, 0.29) is 11.8 Å². The van der Waals surface area contributed by atoms with Crippen molar-refractivity contribution in [2.24, 2.45) is 5.92 Å². The van der Waals surface area contributed by atoms with Gasteiger partial charge in [-0.2, -0.15) is 5.10 Å². The Hall–Kier alpha value is -1.88. The van der Waals surface area contributed by atoms with Gasteiger partial charge in [-0.3, -0.25) is 9.89 Å². The van der Waals surface area contributed by atoms with Crippen molar-refractivity contribution >= 4 is 17.5 Å². The first-order valence-corrected chi connectivity index (χ1v) is 6.99. The first-order chi connectivity index (χ1) is 9.74. The summed E-state index contributed by atoms with van der Waals surface area (Å²) in [6, 6.07) is 7.73. The third kappa shape index (κ3) is 2.99. The van der Waals surface area contributed by atoms with Crippen LogP contribution in [0.4, 0.5) is 0 Å². The van der Waals surface area contributed by atoms with Crippen LogP contribution in [0.1, 0.15) is 23.7 Å². The van der Waals surface area contributed by atoms with Crippen LogP contribution in [0.15, 0.2) is 30.6 Å².